The van der Waals surface area contributed by atoms with E-state index in [0.29, 0.717) is 0 Å². The molecule has 0 bridgehead atoms. The van der Waals surface area contributed by atoms with Crippen LogP contribution in [0.5, 0.6) is 0 Å². The maximum Gasteiger partial charge on any atom is 4.00 e. The molecule has 284 valence electrons. The fraction of sp³-hybridized carbons (Fsp3) is 1.00. The van der Waals surface area contributed by atoms with E-state index in [0.717, 1.165) is 51.4 Å². The number of nitrogens with two attached hydrogens (primary N) is 8. The molecular weight excluding hydrogens is 797 g/mol. The van der Waals surface area contributed by atoms with Gasteiger partial charge in [-0.3, -0.25) is 0 Å². The van der Waals surface area contributed by atoms with Gasteiger partial charge in [0, 0.05) is 48.3 Å². The van der Waals surface area contributed by atoms with Crippen LogP contribution in [0, 0.1) is 0 Å². The Morgan fingerprint density at radius 1 is 0.326 bits per heavy atom. The second-order valence-corrected chi connectivity index (χ2v) is 11.0. The summed E-state index contributed by atoms with van der Waals surface area (Å²) < 4.78 is 0. The number of hydrogen-bond acceptors (Lipinski definition) is 10. The second-order valence-electron chi connectivity index (χ2n) is 11.0. The van der Waals surface area contributed by atoms with Crippen molar-refractivity contribution in [3.05, 3.63) is 0 Å². The molecule has 0 radical (unpaired) electrons. The molecule has 0 aromatic heterocycles. The molecule has 4 aliphatic rings. The average Bonchev–Trinajstić information content (AvgIpc) is 2.89. The second kappa shape index (κ2) is 51.8. The maximum absolute atomic E-state index is 8.93. The first kappa shape index (κ1) is 73.8. The molecule has 4 aliphatic carbocycles. The molecule has 4 rings (SSSR count). The fourth-order valence-electron chi connectivity index (χ4n) is 4.75. The van der Waals surface area contributed by atoms with Gasteiger partial charge in [-0.1, -0.05) is 65.2 Å². The van der Waals surface area contributed by atoms with Crippen LogP contribution < -0.4 is 131 Å². The van der Waals surface area contributed by atoms with Gasteiger partial charge in [0.15, 0.2) is 0 Å². The fourth-order valence-corrected chi connectivity index (χ4v) is 4.75. The summed E-state index contributed by atoms with van der Waals surface area (Å²) in [7, 11) is 0. The Morgan fingerprint density at radius 3 is 0.435 bits per heavy atom. The van der Waals surface area contributed by atoms with E-state index < -0.39 is 0 Å². The first-order valence-electron chi connectivity index (χ1n) is 15.3. The summed E-state index contributed by atoms with van der Waals surface area (Å²) in [5, 5.41) is 17.9. The zero-order valence-electron chi connectivity index (χ0n) is 27.9. The van der Waals surface area contributed by atoms with Gasteiger partial charge in [-0.05, 0) is 51.4 Å². The molecule has 0 spiro atoms. The van der Waals surface area contributed by atoms with E-state index in [2.05, 4.69) is 0 Å². The van der Waals surface area contributed by atoms with Crippen LogP contribution in [-0.4, -0.2) is 61.5 Å². The van der Waals surface area contributed by atoms with E-state index in [9.17, 15) is 0 Å². The van der Waals surface area contributed by atoms with Crippen molar-refractivity contribution in [2.24, 2.45) is 45.9 Å². The number of halogens is 6. The Labute approximate surface area is 341 Å². The van der Waals surface area contributed by atoms with Crippen molar-refractivity contribution >= 4 is 0 Å². The van der Waals surface area contributed by atoms with Crippen molar-refractivity contribution in [2.45, 2.75) is 165 Å². The van der Waals surface area contributed by atoms with Crippen LogP contribution in [0.1, 0.15) is 117 Å². The molecule has 0 heterocycles. The van der Waals surface area contributed by atoms with Crippen molar-refractivity contribution < 1.29 is 119 Å². The van der Waals surface area contributed by atoms with E-state index in [1.165, 1.54) is 51.4 Å². The molecule has 0 aromatic carbocycles. The van der Waals surface area contributed by atoms with Gasteiger partial charge >= 0.3 is 34.7 Å². The van der Waals surface area contributed by atoms with Gasteiger partial charge in [-0.2, -0.15) is 0 Å². The number of rotatable bonds is 0. The molecule has 16 N–H and O–H groups in total. The van der Waals surface area contributed by atoms with Crippen molar-refractivity contribution in [3.63, 3.8) is 0 Å². The van der Waals surface area contributed by atoms with Crippen molar-refractivity contribution in [3.8, 4) is 0 Å². The minimum atomic E-state index is 0. The Hall–Kier alpha value is 2.40. The van der Waals surface area contributed by atoms with Gasteiger partial charge < -0.3 is 131 Å². The molecule has 0 amide bonds. The van der Waals surface area contributed by atoms with Crippen molar-refractivity contribution in [1.29, 1.82) is 0 Å². The van der Waals surface area contributed by atoms with E-state index >= 15 is 0 Å². The Kier molecular flexibility index (Phi) is 83.0. The monoisotopic (exact) mass is 860 g/mol. The Bertz CT molecular complexity index is 407. The summed E-state index contributed by atoms with van der Waals surface area (Å²) in [4.78, 5) is 0. The Balaban J connectivity index is -0.0000000421. The van der Waals surface area contributed by atoms with Crippen molar-refractivity contribution in [1.82, 2.24) is 0 Å². The van der Waals surface area contributed by atoms with Crippen LogP contribution in [0.15, 0.2) is 0 Å². The predicted octanol–water partition coefficient (Wildman–Crippen LogP) is -18.4. The third-order valence-electron chi connectivity index (χ3n) is 7.50. The molecule has 4 fully saturated rings. The topological polar surface area (TPSA) is 254 Å². The minimum absolute atomic E-state index is 0. The summed E-state index contributed by atoms with van der Waals surface area (Å²) in [6.45, 7) is 3.14. The van der Waals surface area contributed by atoms with Crippen LogP contribution in [0.2, 0.25) is 0 Å². The van der Waals surface area contributed by atoms with Crippen LogP contribution in [0.4, 0.5) is 0 Å². The SMILES string of the molecule is CC[O-].CC[O-].N[C@@H]1CCCC[C@H]1N.N[C@@H]1CCCC[C@H]1N.N[C@@H]1CCCC[C@H]1N.N[C@@H]1CCCC[C@H]1N.[Cl-].[Cl-].[Cl-].[Cl-].[Cl-].[Cl-].[Cr+4].[Cr+4]. The van der Waals surface area contributed by atoms with Gasteiger partial charge in [0.25, 0.3) is 0 Å². The normalized spacial score (nSPS) is 28.4. The molecule has 0 unspecified atom stereocenters. The van der Waals surface area contributed by atoms with E-state index in [1.54, 1.807) is 13.8 Å². The molecule has 18 heteroatoms. The molecule has 8 atom stereocenters. The molecule has 4 saturated carbocycles. The van der Waals surface area contributed by atoms with E-state index in [1.807, 2.05) is 0 Å². The van der Waals surface area contributed by atoms with Gasteiger partial charge in [0.1, 0.15) is 0 Å². The van der Waals surface area contributed by atoms with E-state index in [4.69, 9.17) is 56.1 Å². The predicted molar refractivity (Wildman–Crippen MR) is 159 cm³/mol. The summed E-state index contributed by atoms with van der Waals surface area (Å²) in [6, 6.07) is 2.25. The largest absolute Gasteiger partial charge is 4.00 e. The molecule has 10 nitrogen and oxygen atoms in total. The standard InChI is InChI=1S/4C6H14N2.2C2H5O.6ClH.2Cr/c4*7-5-3-1-2-4-6(5)8;2*1-2-3;;;;;;;;/h4*5-6H,1-4,7-8H2;2*2H2,1H3;6*1H;;/q;;;;2*-1;;;;;;;2*+4/p-6/t4*5-,6-;;;;;;;;;;/m1111........../s1. The number of hydrogen-bond donors (Lipinski definition) is 8. The van der Waals surface area contributed by atoms with Crippen LogP contribution in [-0.2, 0) is 34.7 Å². The molecule has 46 heavy (non-hydrogen) atoms. The third-order valence-corrected chi connectivity index (χ3v) is 7.50. The van der Waals surface area contributed by atoms with Crippen LogP contribution in [0.3, 0.4) is 0 Å². The molecule has 0 aromatic rings. The maximum atomic E-state index is 8.93. The quantitative estimate of drug-likeness (QED) is 0.114. The third kappa shape index (κ3) is 44.4. The summed E-state index contributed by atoms with van der Waals surface area (Å²) in [5.74, 6) is 0. The van der Waals surface area contributed by atoms with Crippen LogP contribution >= 0.6 is 0 Å². The zero-order valence-corrected chi connectivity index (χ0v) is 35.0. The first-order chi connectivity index (χ1) is 18.0. The van der Waals surface area contributed by atoms with E-state index in [-0.39, 0.29) is 171 Å². The van der Waals surface area contributed by atoms with Gasteiger partial charge in [0.2, 0.25) is 0 Å². The smallest absolute Gasteiger partial charge is 1.00 e. The van der Waals surface area contributed by atoms with Crippen LogP contribution in [0.25, 0.3) is 0 Å². The average molecular weight is 864 g/mol. The molecular formula is C28H66Cl6Cr2N8O2. The molecule has 0 aliphatic heterocycles. The summed E-state index contributed by atoms with van der Waals surface area (Å²) in [6.07, 6.45) is 19.2. The first-order valence-corrected chi connectivity index (χ1v) is 15.3. The van der Waals surface area contributed by atoms with Crippen molar-refractivity contribution in [2.75, 3.05) is 13.2 Å². The van der Waals surface area contributed by atoms with Gasteiger partial charge in [-0.25, -0.2) is 0 Å². The summed E-state index contributed by atoms with van der Waals surface area (Å²) >= 11 is 0. The molecule has 0 saturated heterocycles. The zero-order chi connectivity index (χ0) is 29.3. The van der Waals surface area contributed by atoms with Gasteiger partial charge in [-0.15, -0.1) is 13.2 Å². The summed E-state index contributed by atoms with van der Waals surface area (Å²) in [5.41, 5.74) is 45.2. The van der Waals surface area contributed by atoms with Gasteiger partial charge in [0.05, 0.1) is 0 Å². The minimum Gasteiger partial charge on any atom is -1.00 e. The Morgan fingerprint density at radius 2 is 0.391 bits per heavy atom.